The third kappa shape index (κ3) is 3.93. The molecule has 1 amide bonds. The molecule has 0 radical (unpaired) electrons. The number of ether oxygens (including phenoxy) is 1. The summed E-state index contributed by atoms with van der Waals surface area (Å²) in [5.74, 6) is 0. The number of halogens is 3. The van der Waals surface area contributed by atoms with Crippen LogP contribution in [0.1, 0.15) is 32.2 Å². The molecule has 1 aliphatic heterocycles. The highest BCUT2D eigenvalue weighted by atomic mass is 79.9. The van der Waals surface area contributed by atoms with Gasteiger partial charge in [0.15, 0.2) is 4.73 Å². The largest absolute Gasteiger partial charge is 0.444 e. The van der Waals surface area contributed by atoms with Gasteiger partial charge in [-0.1, -0.05) is 0 Å². The molecule has 21 heavy (non-hydrogen) atoms. The number of nitrogens with zero attached hydrogens (tertiary/aromatic N) is 3. The monoisotopic (exact) mass is 365 g/mol. The van der Waals surface area contributed by atoms with Crippen LogP contribution in [0.3, 0.4) is 0 Å². The molecule has 0 atom stereocenters. The molecule has 0 spiro atoms. The highest BCUT2D eigenvalue weighted by Gasteiger charge is 2.29. The van der Waals surface area contributed by atoms with Gasteiger partial charge in [0.1, 0.15) is 5.60 Å². The smallest absolute Gasteiger partial charge is 0.410 e. The predicted molar refractivity (Wildman–Crippen MR) is 76.3 cm³/mol. The topological polar surface area (TPSA) is 47.4 Å². The number of carbonyl (C=O) groups excluding carboxylic acids is 1. The fourth-order valence-electron chi connectivity index (χ4n) is 2.19. The van der Waals surface area contributed by atoms with E-state index in [1.807, 2.05) is 0 Å². The number of amides is 1. The van der Waals surface area contributed by atoms with E-state index in [-0.39, 0.29) is 6.54 Å². The van der Waals surface area contributed by atoms with Crippen molar-refractivity contribution < 1.29 is 18.3 Å². The zero-order valence-electron chi connectivity index (χ0n) is 12.2. The maximum atomic E-state index is 12.7. The third-order valence-electron chi connectivity index (χ3n) is 3.04. The van der Waals surface area contributed by atoms with Gasteiger partial charge in [0.25, 0.3) is 6.43 Å². The van der Waals surface area contributed by atoms with E-state index < -0.39 is 24.7 Å². The summed E-state index contributed by atoms with van der Waals surface area (Å²) in [5.41, 5.74) is 0.808. The van der Waals surface area contributed by atoms with Crippen molar-refractivity contribution in [3.8, 4) is 0 Å². The van der Waals surface area contributed by atoms with Crippen molar-refractivity contribution in [3.05, 3.63) is 16.1 Å². The van der Waals surface area contributed by atoms with Crippen molar-refractivity contribution in [2.75, 3.05) is 6.54 Å². The lowest BCUT2D eigenvalue weighted by molar-refractivity contribution is 0.0216. The Bertz CT molecular complexity index is 540. The molecule has 2 rings (SSSR count). The van der Waals surface area contributed by atoms with Crippen LogP contribution in [0.15, 0.2) is 4.73 Å². The van der Waals surface area contributed by atoms with E-state index >= 15 is 0 Å². The van der Waals surface area contributed by atoms with E-state index in [2.05, 4.69) is 20.9 Å². The van der Waals surface area contributed by atoms with Crippen molar-refractivity contribution in [3.63, 3.8) is 0 Å². The second-order valence-electron chi connectivity index (χ2n) is 5.93. The predicted octanol–water partition coefficient (Wildman–Crippen LogP) is 3.20. The number of carbonyl (C=O) groups is 1. The van der Waals surface area contributed by atoms with Crippen LogP contribution in [-0.2, 0) is 24.2 Å². The van der Waals surface area contributed by atoms with Gasteiger partial charge >= 0.3 is 6.09 Å². The zero-order chi connectivity index (χ0) is 15.8. The van der Waals surface area contributed by atoms with Gasteiger partial charge in [-0.3, -0.25) is 0 Å². The standard InChI is InChI=1S/C13H18BrF2N3O2/c1-13(2,3)21-12(20)18-5-4-8-9(6-18)19(7-10(15)16)11(14)17-8/h10H,4-7H2,1-3H3. The molecule has 118 valence electrons. The van der Waals surface area contributed by atoms with Crippen LogP contribution in [0.2, 0.25) is 0 Å². The fraction of sp³-hybridized carbons (Fsp3) is 0.692. The quantitative estimate of drug-likeness (QED) is 0.808. The van der Waals surface area contributed by atoms with Crippen LogP contribution in [0, 0.1) is 0 Å². The number of rotatable bonds is 2. The summed E-state index contributed by atoms with van der Waals surface area (Å²) in [4.78, 5) is 17.8. The molecule has 0 fully saturated rings. The van der Waals surface area contributed by atoms with E-state index in [9.17, 15) is 13.6 Å². The molecule has 5 nitrogen and oxygen atoms in total. The van der Waals surface area contributed by atoms with Crippen LogP contribution < -0.4 is 0 Å². The minimum Gasteiger partial charge on any atom is -0.444 e. The van der Waals surface area contributed by atoms with Gasteiger partial charge in [-0.15, -0.1) is 0 Å². The average Bonchev–Trinajstić information content (AvgIpc) is 2.62. The van der Waals surface area contributed by atoms with Gasteiger partial charge < -0.3 is 14.2 Å². The second-order valence-corrected chi connectivity index (χ2v) is 6.64. The summed E-state index contributed by atoms with van der Waals surface area (Å²) in [5, 5.41) is 0. The number of fused-ring (bicyclic) bond motifs is 1. The van der Waals surface area contributed by atoms with Crippen molar-refractivity contribution in [2.24, 2.45) is 0 Å². The van der Waals surface area contributed by atoms with Crippen molar-refractivity contribution >= 4 is 22.0 Å². The minimum atomic E-state index is -2.48. The third-order valence-corrected chi connectivity index (χ3v) is 3.65. The van der Waals surface area contributed by atoms with Crippen molar-refractivity contribution in [2.45, 2.75) is 52.3 Å². The molecular formula is C13H18BrF2N3O2. The maximum absolute atomic E-state index is 12.7. The lowest BCUT2D eigenvalue weighted by atomic mass is 10.1. The molecule has 0 saturated carbocycles. The van der Waals surface area contributed by atoms with E-state index in [0.29, 0.717) is 23.4 Å². The molecule has 0 aromatic carbocycles. The summed E-state index contributed by atoms with van der Waals surface area (Å²) in [6.45, 7) is 5.63. The molecule has 0 saturated heterocycles. The van der Waals surface area contributed by atoms with Crippen LogP contribution in [0.25, 0.3) is 0 Å². The SMILES string of the molecule is CC(C)(C)OC(=O)N1CCc2nc(Br)n(CC(F)F)c2C1. The number of alkyl halides is 2. The molecule has 0 unspecified atom stereocenters. The van der Waals surface area contributed by atoms with Gasteiger partial charge in [-0.05, 0) is 36.7 Å². The number of hydrogen-bond donors (Lipinski definition) is 0. The molecule has 1 aromatic heterocycles. The van der Waals surface area contributed by atoms with E-state index in [4.69, 9.17) is 4.74 Å². The Balaban J connectivity index is 2.17. The number of hydrogen-bond acceptors (Lipinski definition) is 3. The zero-order valence-corrected chi connectivity index (χ0v) is 13.8. The Morgan fingerprint density at radius 1 is 1.48 bits per heavy atom. The van der Waals surface area contributed by atoms with Crippen molar-refractivity contribution in [1.82, 2.24) is 14.5 Å². The summed E-state index contributed by atoms with van der Waals surface area (Å²) >= 11 is 3.20. The Labute approximate surface area is 130 Å². The molecular weight excluding hydrogens is 348 g/mol. The summed E-state index contributed by atoms with van der Waals surface area (Å²) in [6, 6.07) is 0. The molecule has 8 heteroatoms. The Hall–Kier alpha value is -1.18. The van der Waals surface area contributed by atoms with E-state index in [1.165, 1.54) is 9.47 Å². The van der Waals surface area contributed by atoms with Crippen LogP contribution in [-0.4, -0.2) is 39.1 Å². The molecule has 0 bridgehead atoms. The van der Waals surface area contributed by atoms with E-state index in [1.54, 1.807) is 20.8 Å². The molecule has 1 aliphatic rings. The first-order valence-corrected chi connectivity index (χ1v) is 7.46. The minimum absolute atomic E-state index is 0.232. The summed E-state index contributed by atoms with van der Waals surface area (Å²) < 4.78 is 32.4. The molecule has 2 heterocycles. The summed E-state index contributed by atoms with van der Waals surface area (Å²) in [7, 11) is 0. The first-order valence-electron chi connectivity index (χ1n) is 6.67. The Kier molecular flexibility index (Phi) is 4.55. The van der Waals surface area contributed by atoms with Gasteiger partial charge in [-0.25, -0.2) is 18.6 Å². The van der Waals surface area contributed by atoms with Gasteiger partial charge in [0, 0.05) is 13.0 Å². The van der Waals surface area contributed by atoms with Crippen LogP contribution in [0.4, 0.5) is 13.6 Å². The van der Waals surface area contributed by atoms with Gasteiger partial charge in [-0.2, -0.15) is 0 Å². The fourth-order valence-corrected chi connectivity index (χ4v) is 2.76. The first-order chi connectivity index (χ1) is 9.67. The maximum Gasteiger partial charge on any atom is 0.410 e. The van der Waals surface area contributed by atoms with Gasteiger partial charge in [0.05, 0.1) is 24.5 Å². The first kappa shape index (κ1) is 16.2. The molecule has 0 N–H and O–H groups in total. The normalized spacial score (nSPS) is 15.3. The van der Waals surface area contributed by atoms with Crippen molar-refractivity contribution in [1.29, 1.82) is 0 Å². The highest BCUT2D eigenvalue weighted by Crippen LogP contribution is 2.25. The van der Waals surface area contributed by atoms with E-state index in [0.717, 1.165) is 5.69 Å². The Morgan fingerprint density at radius 2 is 2.14 bits per heavy atom. The van der Waals surface area contributed by atoms with Gasteiger partial charge in [0.2, 0.25) is 0 Å². The highest BCUT2D eigenvalue weighted by molar-refractivity contribution is 9.10. The Morgan fingerprint density at radius 3 is 2.71 bits per heavy atom. The lowest BCUT2D eigenvalue weighted by Crippen LogP contribution is -2.40. The van der Waals surface area contributed by atoms with Crippen LogP contribution >= 0.6 is 15.9 Å². The number of imidazole rings is 1. The molecule has 0 aliphatic carbocycles. The molecule has 1 aromatic rings. The number of aromatic nitrogens is 2. The van der Waals surface area contributed by atoms with Crippen LogP contribution in [0.5, 0.6) is 0 Å². The summed E-state index contributed by atoms with van der Waals surface area (Å²) in [6.07, 6.45) is -2.38. The average molecular weight is 366 g/mol. The lowest BCUT2D eigenvalue weighted by Gasteiger charge is -2.30. The second kappa shape index (κ2) is 5.90.